The molecular formula is C18H19N3O6S2. The molecule has 0 bridgehead atoms. The van der Waals surface area contributed by atoms with Gasteiger partial charge >= 0.3 is 5.97 Å². The average Bonchev–Trinajstić information content (AvgIpc) is 3.39. The third-order valence-corrected chi connectivity index (χ3v) is 7.67. The normalized spacial score (nSPS) is 13.9. The number of ether oxygens (including phenoxy) is 1. The van der Waals surface area contributed by atoms with Crippen LogP contribution in [0.3, 0.4) is 0 Å². The van der Waals surface area contributed by atoms with E-state index in [2.05, 4.69) is 4.98 Å². The predicted molar refractivity (Wildman–Crippen MR) is 106 cm³/mol. The van der Waals surface area contributed by atoms with Gasteiger partial charge in [-0.25, -0.2) is 22.5 Å². The molecule has 0 atom stereocenters. The summed E-state index contributed by atoms with van der Waals surface area (Å²) in [5.74, 6) is 0.340. The van der Waals surface area contributed by atoms with Gasteiger partial charge in [-0.15, -0.1) is 11.3 Å². The lowest BCUT2D eigenvalue weighted by molar-refractivity contribution is 0.0446. The Bertz CT molecular complexity index is 1280. The molecule has 4 heterocycles. The molecule has 4 rings (SSSR count). The summed E-state index contributed by atoms with van der Waals surface area (Å²) in [4.78, 5) is 30.6. The van der Waals surface area contributed by atoms with E-state index in [0.29, 0.717) is 27.2 Å². The van der Waals surface area contributed by atoms with Crippen LogP contribution in [0.5, 0.6) is 0 Å². The molecule has 0 aromatic carbocycles. The number of hydrogen-bond donors (Lipinski definition) is 0. The molecule has 0 spiro atoms. The third kappa shape index (κ3) is 3.28. The molecule has 29 heavy (non-hydrogen) atoms. The number of hydrogen-bond acceptors (Lipinski definition) is 8. The average molecular weight is 437 g/mol. The Kier molecular flexibility index (Phi) is 4.83. The summed E-state index contributed by atoms with van der Waals surface area (Å²) < 4.78 is 37.4. The number of aryl methyl sites for hydroxylation is 2. The minimum absolute atomic E-state index is 0.125. The number of fused-ring (bicyclic) bond motifs is 2. The maximum absolute atomic E-state index is 12.7. The van der Waals surface area contributed by atoms with Crippen LogP contribution in [0.2, 0.25) is 0 Å². The second-order valence-electron chi connectivity index (χ2n) is 6.91. The highest BCUT2D eigenvalue weighted by Gasteiger charge is 2.25. The summed E-state index contributed by atoms with van der Waals surface area (Å²) in [5.41, 5.74) is 0.421. The van der Waals surface area contributed by atoms with Crippen molar-refractivity contribution in [1.82, 2.24) is 13.9 Å². The first kappa shape index (κ1) is 19.8. The van der Waals surface area contributed by atoms with Gasteiger partial charge in [0.1, 0.15) is 27.9 Å². The number of nitrogens with zero attached hydrogens (tertiary/aromatic N) is 3. The fourth-order valence-electron chi connectivity index (χ4n) is 3.23. The first-order valence-corrected chi connectivity index (χ1v) is 11.2. The van der Waals surface area contributed by atoms with Crippen LogP contribution in [0.25, 0.3) is 10.2 Å². The third-order valence-electron chi connectivity index (χ3n) is 4.81. The summed E-state index contributed by atoms with van der Waals surface area (Å²) >= 11 is 1.13. The van der Waals surface area contributed by atoms with E-state index < -0.39 is 16.0 Å². The lowest BCUT2D eigenvalue weighted by Crippen LogP contribution is -2.21. The van der Waals surface area contributed by atoms with Gasteiger partial charge in [0.25, 0.3) is 15.6 Å². The smallest absolute Gasteiger partial charge is 0.349 e. The van der Waals surface area contributed by atoms with Crippen molar-refractivity contribution >= 4 is 37.5 Å². The van der Waals surface area contributed by atoms with Crippen molar-refractivity contribution in [3.8, 4) is 0 Å². The molecule has 0 fully saturated rings. The second-order valence-corrected chi connectivity index (χ2v) is 9.99. The predicted octanol–water partition coefficient (Wildman–Crippen LogP) is 1.91. The van der Waals surface area contributed by atoms with Gasteiger partial charge in [-0.3, -0.25) is 9.36 Å². The molecule has 0 N–H and O–H groups in total. The Morgan fingerprint density at radius 1 is 1.38 bits per heavy atom. The van der Waals surface area contributed by atoms with Crippen molar-refractivity contribution in [3.63, 3.8) is 0 Å². The number of esters is 1. The molecule has 0 radical (unpaired) electrons. The van der Waals surface area contributed by atoms with E-state index in [4.69, 9.17) is 9.15 Å². The first-order chi connectivity index (χ1) is 13.7. The van der Waals surface area contributed by atoms with Gasteiger partial charge in [0.05, 0.1) is 5.39 Å². The summed E-state index contributed by atoms with van der Waals surface area (Å²) in [7, 11) is -0.904. The van der Waals surface area contributed by atoms with E-state index in [1.807, 2.05) is 0 Å². The number of carbonyl (C=O) groups excluding carboxylic acids is 1. The summed E-state index contributed by atoms with van der Waals surface area (Å²) in [6, 6.07) is 2.76. The number of carbonyl (C=O) groups is 1. The van der Waals surface area contributed by atoms with Crippen LogP contribution in [-0.2, 0) is 34.3 Å². The minimum Gasteiger partial charge on any atom is -0.453 e. The Balaban J connectivity index is 1.56. The number of thiophene rings is 1. The lowest BCUT2D eigenvalue weighted by Gasteiger charge is -2.07. The van der Waals surface area contributed by atoms with Crippen molar-refractivity contribution in [2.75, 3.05) is 14.1 Å². The summed E-state index contributed by atoms with van der Waals surface area (Å²) in [5, 5.41) is 0.225. The van der Waals surface area contributed by atoms with Gasteiger partial charge in [0.2, 0.25) is 5.09 Å². The van der Waals surface area contributed by atoms with Crippen LogP contribution in [0.4, 0.5) is 0 Å². The van der Waals surface area contributed by atoms with Gasteiger partial charge in [0.15, 0.2) is 0 Å². The fourth-order valence-corrected chi connectivity index (χ4v) is 5.12. The molecule has 0 amide bonds. The Labute approximate surface area is 170 Å². The van der Waals surface area contributed by atoms with Crippen LogP contribution in [0.15, 0.2) is 26.4 Å². The molecule has 11 heteroatoms. The van der Waals surface area contributed by atoms with Crippen LogP contribution in [-0.4, -0.2) is 42.3 Å². The lowest BCUT2D eigenvalue weighted by atomic mass is 10.2. The van der Waals surface area contributed by atoms with Gasteiger partial charge in [-0.1, -0.05) is 0 Å². The SMILES string of the molecule is Cc1c(C(=O)OCc2ccc(S(=O)(=O)N(C)C)o2)sc2nc3n(c(=O)c12)CCC3. The number of furan rings is 1. The zero-order chi connectivity index (χ0) is 20.9. The van der Waals surface area contributed by atoms with E-state index in [0.717, 1.165) is 34.3 Å². The number of sulfonamides is 1. The number of rotatable bonds is 5. The molecule has 0 saturated heterocycles. The molecule has 3 aromatic rings. The van der Waals surface area contributed by atoms with Crippen LogP contribution in [0.1, 0.15) is 33.2 Å². The van der Waals surface area contributed by atoms with E-state index in [9.17, 15) is 18.0 Å². The highest BCUT2D eigenvalue weighted by atomic mass is 32.2. The quantitative estimate of drug-likeness (QED) is 0.561. The fraction of sp³-hybridized carbons (Fsp3) is 0.389. The monoisotopic (exact) mass is 437 g/mol. The molecule has 1 aliphatic rings. The zero-order valence-corrected chi connectivity index (χ0v) is 17.7. The van der Waals surface area contributed by atoms with Crippen LogP contribution in [0, 0.1) is 6.92 Å². The molecular weight excluding hydrogens is 418 g/mol. The Hall–Kier alpha value is -2.50. The first-order valence-electron chi connectivity index (χ1n) is 8.91. The van der Waals surface area contributed by atoms with Crippen LogP contribution < -0.4 is 5.56 Å². The van der Waals surface area contributed by atoms with Gasteiger partial charge in [0, 0.05) is 27.1 Å². The van der Waals surface area contributed by atoms with Crippen molar-refractivity contribution in [3.05, 3.63) is 44.5 Å². The van der Waals surface area contributed by atoms with Gasteiger partial charge < -0.3 is 9.15 Å². The van der Waals surface area contributed by atoms with E-state index >= 15 is 0 Å². The summed E-state index contributed by atoms with van der Waals surface area (Å²) in [6.45, 7) is 2.12. The molecule has 1 aliphatic heterocycles. The highest BCUT2D eigenvalue weighted by Crippen LogP contribution is 2.29. The molecule has 154 valence electrons. The van der Waals surface area contributed by atoms with Crippen molar-refractivity contribution in [1.29, 1.82) is 0 Å². The highest BCUT2D eigenvalue weighted by molar-refractivity contribution is 7.88. The standard InChI is InChI=1S/C18H19N3O6S2/c1-10-14-16(19-12-5-4-8-21(12)17(14)22)28-15(10)18(23)26-9-11-6-7-13(27-11)29(24,25)20(2)3/h6-7H,4-5,8-9H2,1-3H3. The molecule has 0 unspecified atom stereocenters. The van der Waals surface area contributed by atoms with E-state index in [-0.39, 0.29) is 23.0 Å². The van der Waals surface area contributed by atoms with Crippen LogP contribution >= 0.6 is 11.3 Å². The minimum atomic E-state index is -3.70. The maximum Gasteiger partial charge on any atom is 0.349 e. The van der Waals surface area contributed by atoms with E-state index in [1.165, 1.54) is 26.2 Å². The molecule has 0 aliphatic carbocycles. The van der Waals surface area contributed by atoms with Gasteiger partial charge in [-0.05, 0) is 31.0 Å². The van der Waals surface area contributed by atoms with Crippen molar-refractivity contribution < 1.29 is 22.4 Å². The Morgan fingerprint density at radius 3 is 2.86 bits per heavy atom. The Morgan fingerprint density at radius 2 is 2.14 bits per heavy atom. The molecule has 3 aromatic heterocycles. The second kappa shape index (κ2) is 7.08. The summed E-state index contributed by atoms with van der Waals surface area (Å²) in [6.07, 6.45) is 1.64. The molecule has 0 saturated carbocycles. The van der Waals surface area contributed by atoms with Crippen molar-refractivity contribution in [2.24, 2.45) is 0 Å². The topological polar surface area (TPSA) is 112 Å². The zero-order valence-electron chi connectivity index (χ0n) is 16.1. The van der Waals surface area contributed by atoms with Crippen molar-refractivity contribution in [2.45, 2.75) is 38.0 Å². The number of aromatic nitrogens is 2. The molecule has 9 nitrogen and oxygen atoms in total. The van der Waals surface area contributed by atoms with Gasteiger partial charge in [-0.2, -0.15) is 0 Å². The largest absolute Gasteiger partial charge is 0.453 e. The van der Waals surface area contributed by atoms with E-state index in [1.54, 1.807) is 11.5 Å². The maximum atomic E-state index is 12.7.